The Labute approximate surface area is 131 Å². The summed E-state index contributed by atoms with van der Waals surface area (Å²) >= 11 is 3.57. The molecule has 1 saturated carbocycles. The quantitative estimate of drug-likeness (QED) is 0.833. The van der Waals surface area contributed by atoms with Gasteiger partial charge in [-0.15, -0.1) is 0 Å². The molecule has 0 spiro atoms. The van der Waals surface area contributed by atoms with Gasteiger partial charge in [-0.3, -0.25) is 0 Å². The highest BCUT2D eigenvalue weighted by Gasteiger charge is 2.39. The van der Waals surface area contributed by atoms with E-state index in [1.165, 1.54) is 37.7 Å². The molecule has 112 valence electrons. The summed E-state index contributed by atoms with van der Waals surface area (Å²) in [4.78, 5) is 0. The number of benzene rings is 1. The van der Waals surface area contributed by atoms with E-state index in [0.29, 0.717) is 6.04 Å². The number of ether oxygens (including phenoxy) is 1. The largest absolute Gasteiger partial charge is 0.377 e. The first-order valence-corrected chi connectivity index (χ1v) is 8.52. The lowest BCUT2D eigenvalue weighted by atomic mass is 9.77. The van der Waals surface area contributed by atoms with E-state index in [1.807, 2.05) is 7.11 Å². The number of methoxy groups -OCH3 is 1. The minimum Gasteiger partial charge on any atom is -0.377 e. The zero-order valence-corrected chi connectivity index (χ0v) is 14.2. The minimum absolute atomic E-state index is 0.0105. The molecule has 3 heteroatoms. The fraction of sp³-hybridized carbons (Fsp3) is 0.647. The minimum atomic E-state index is 0.0105. The smallest absolute Gasteiger partial charge is 0.0834 e. The second kappa shape index (κ2) is 7.58. The lowest BCUT2D eigenvalue weighted by Gasteiger charge is -2.43. The summed E-state index contributed by atoms with van der Waals surface area (Å²) < 4.78 is 7.17. The van der Waals surface area contributed by atoms with Gasteiger partial charge in [-0.2, -0.15) is 0 Å². The molecule has 0 bridgehead atoms. The van der Waals surface area contributed by atoms with Crippen LogP contribution < -0.4 is 5.32 Å². The second-order valence-corrected chi connectivity index (χ2v) is 6.69. The molecule has 0 radical (unpaired) electrons. The van der Waals surface area contributed by atoms with Gasteiger partial charge in [0.15, 0.2) is 0 Å². The zero-order chi connectivity index (χ0) is 14.4. The molecule has 1 aliphatic rings. The molecule has 1 aromatic carbocycles. The molecule has 1 unspecified atom stereocenters. The topological polar surface area (TPSA) is 21.3 Å². The maximum Gasteiger partial charge on any atom is 0.0834 e. The van der Waals surface area contributed by atoms with Crippen molar-refractivity contribution >= 4 is 15.9 Å². The molecular formula is C17H26BrNO. The predicted octanol–water partition coefficient (Wildman–Crippen LogP) is 4.32. The van der Waals surface area contributed by atoms with E-state index in [4.69, 9.17) is 4.74 Å². The van der Waals surface area contributed by atoms with Crippen LogP contribution in [0.3, 0.4) is 0 Å². The Morgan fingerprint density at radius 2 is 2.05 bits per heavy atom. The standard InChI is InChI=1S/C17H26BrNO/c1-3-19-16(13-14-8-7-9-15(18)12-14)17(20-2)10-5-4-6-11-17/h7-9,12,16,19H,3-6,10-11,13H2,1-2H3. The van der Waals surface area contributed by atoms with Gasteiger partial charge in [0.05, 0.1) is 5.60 Å². The normalized spacial score (nSPS) is 19.8. The number of hydrogen-bond donors (Lipinski definition) is 1. The first-order valence-electron chi connectivity index (χ1n) is 7.73. The van der Waals surface area contributed by atoms with Gasteiger partial charge >= 0.3 is 0 Å². The van der Waals surface area contributed by atoms with Crippen LogP contribution in [-0.4, -0.2) is 25.3 Å². The monoisotopic (exact) mass is 339 g/mol. The highest BCUT2D eigenvalue weighted by molar-refractivity contribution is 9.10. The maximum absolute atomic E-state index is 6.02. The van der Waals surface area contributed by atoms with Crippen LogP contribution in [0.2, 0.25) is 0 Å². The highest BCUT2D eigenvalue weighted by atomic mass is 79.9. The van der Waals surface area contributed by atoms with Crippen LogP contribution in [0.4, 0.5) is 0 Å². The van der Waals surface area contributed by atoms with Gasteiger partial charge in [-0.1, -0.05) is 54.2 Å². The van der Waals surface area contributed by atoms with Crippen molar-refractivity contribution in [3.63, 3.8) is 0 Å². The van der Waals surface area contributed by atoms with Gasteiger partial charge in [-0.25, -0.2) is 0 Å². The average molecular weight is 340 g/mol. The fourth-order valence-corrected chi connectivity index (χ4v) is 3.88. The molecule has 0 aromatic heterocycles. The molecule has 0 amide bonds. The molecule has 20 heavy (non-hydrogen) atoms. The summed E-state index contributed by atoms with van der Waals surface area (Å²) in [6.45, 7) is 3.17. The van der Waals surface area contributed by atoms with Crippen LogP contribution in [0, 0.1) is 0 Å². The van der Waals surface area contributed by atoms with Crippen molar-refractivity contribution in [2.24, 2.45) is 0 Å². The summed E-state index contributed by atoms with van der Waals surface area (Å²) in [5, 5.41) is 3.67. The van der Waals surface area contributed by atoms with Gasteiger partial charge in [0.25, 0.3) is 0 Å². The first kappa shape index (κ1) is 16.0. The maximum atomic E-state index is 6.02. The number of halogens is 1. The van der Waals surface area contributed by atoms with Crippen LogP contribution in [0.25, 0.3) is 0 Å². The van der Waals surface area contributed by atoms with E-state index in [2.05, 4.69) is 52.4 Å². The van der Waals surface area contributed by atoms with Crippen LogP contribution >= 0.6 is 15.9 Å². The van der Waals surface area contributed by atoms with E-state index in [-0.39, 0.29) is 5.60 Å². The van der Waals surface area contributed by atoms with Crippen molar-refractivity contribution in [1.82, 2.24) is 5.32 Å². The first-order chi connectivity index (χ1) is 9.70. The van der Waals surface area contributed by atoms with E-state index < -0.39 is 0 Å². The lowest BCUT2D eigenvalue weighted by Crippen LogP contribution is -2.54. The molecule has 0 saturated heterocycles. The van der Waals surface area contributed by atoms with Crippen LogP contribution in [0.1, 0.15) is 44.6 Å². The summed E-state index contributed by atoms with van der Waals surface area (Å²) in [7, 11) is 1.89. The molecule has 1 aliphatic carbocycles. The van der Waals surface area contributed by atoms with Gasteiger partial charge in [0.1, 0.15) is 0 Å². The third-order valence-corrected chi connectivity index (χ3v) is 5.01. The summed E-state index contributed by atoms with van der Waals surface area (Å²) in [5.74, 6) is 0. The van der Waals surface area contributed by atoms with Crippen LogP contribution in [0.15, 0.2) is 28.7 Å². The van der Waals surface area contributed by atoms with Crippen molar-refractivity contribution in [3.05, 3.63) is 34.3 Å². The molecule has 2 rings (SSSR count). The Balaban J connectivity index is 2.16. The van der Waals surface area contributed by atoms with E-state index in [1.54, 1.807) is 0 Å². The molecule has 1 N–H and O–H groups in total. The number of likely N-dealkylation sites (N-methyl/N-ethyl adjacent to an activating group) is 1. The third-order valence-electron chi connectivity index (χ3n) is 4.52. The Hall–Kier alpha value is -0.380. The van der Waals surface area contributed by atoms with Crippen LogP contribution in [-0.2, 0) is 11.2 Å². The molecule has 0 aliphatic heterocycles. The van der Waals surface area contributed by atoms with Crippen molar-refractivity contribution in [2.75, 3.05) is 13.7 Å². The van der Waals surface area contributed by atoms with E-state index in [9.17, 15) is 0 Å². The molecule has 1 fully saturated rings. The van der Waals surface area contributed by atoms with Gasteiger partial charge < -0.3 is 10.1 Å². The van der Waals surface area contributed by atoms with Gasteiger partial charge in [-0.05, 0) is 43.5 Å². The van der Waals surface area contributed by atoms with Crippen molar-refractivity contribution in [1.29, 1.82) is 0 Å². The molecule has 1 atom stereocenters. The van der Waals surface area contributed by atoms with E-state index >= 15 is 0 Å². The summed E-state index contributed by atoms with van der Waals surface area (Å²) in [6.07, 6.45) is 7.30. The Morgan fingerprint density at radius 1 is 1.30 bits per heavy atom. The second-order valence-electron chi connectivity index (χ2n) is 5.77. The zero-order valence-electron chi connectivity index (χ0n) is 12.6. The average Bonchev–Trinajstić information content (AvgIpc) is 2.47. The third kappa shape index (κ3) is 3.84. The highest BCUT2D eigenvalue weighted by Crippen LogP contribution is 2.35. The molecule has 2 nitrogen and oxygen atoms in total. The van der Waals surface area contributed by atoms with Crippen molar-refractivity contribution in [3.8, 4) is 0 Å². The Morgan fingerprint density at radius 3 is 2.65 bits per heavy atom. The molecule has 1 aromatic rings. The number of hydrogen-bond acceptors (Lipinski definition) is 2. The fourth-order valence-electron chi connectivity index (χ4n) is 3.44. The summed E-state index contributed by atoms with van der Waals surface area (Å²) in [6, 6.07) is 9.02. The number of rotatable bonds is 6. The van der Waals surface area contributed by atoms with E-state index in [0.717, 1.165) is 17.4 Å². The van der Waals surface area contributed by atoms with Crippen LogP contribution in [0.5, 0.6) is 0 Å². The van der Waals surface area contributed by atoms with Gasteiger partial charge in [0, 0.05) is 17.6 Å². The Bertz CT molecular complexity index is 415. The molecule has 0 heterocycles. The van der Waals surface area contributed by atoms with Crippen molar-refractivity contribution in [2.45, 2.75) is 57.1 Å². The Kier molecular flexibility index (Phi) is 6.06. The predicted molar refractivity (Wildman–Crippen MR) is 88.1 cm³/mol. The SMILES string of the molecule is CCNC(Cc1cccc(Br)c1)C1(OC)CCCCC1. The van der Waals surface area contributed by atoms with Crippen molar-refractivity contribution < 1.29 is 4.74 Å². The molecular weight excluding hydrogens is 314 g/mol. The number of nitrogens with one attached hydrogen (secondary N) is 1. The lowest BCUT2D eigenvalue weighted by molar-refractivity contribution is -0.0669. The summed E-state index contributed by atoms with van der Waals surface area (Å²) in [5.41, 5.74) is 1.38. The van der Waals surface area contributed by atoms with Gasteiger partial charge in [0.2, 0.25) is 0 Å².